The summed E-state index contributed by atoms with van der Waals surface area (Å²) in [5.41, 5.74) is 0. The van der Waals surface area contributed by atoms with Crippen molar-refractivity contribution in [1.29, 1.82) is 0 Å². The number of anilines is 1. The molecule has 1 N–H and O–H groups in total. The van der Waals surface area contributed by atoms with Crippen molar-refractivity contribution >= 4 is 11.9 Å². The molecule has 6 heteroatoms. The second-order valence-electron chi connectivity index (χ2n) is 4.30. The van der Waals surface area contributed by atoms with Crippen LogP contribution < -0.4 is 10.1 Å². The lowest BCUT2D eigenvalue weighted by molar-refractivity contribution is -0.145. The zero-order chi connectivity index (χ0) is 13.0. The number of hydrogen-bond donors (Lipinski definition) is 1. The highest BCUT2D eigenvalue weighted by atomic mass is 16.5. The van der Waals surface area contributed by atoms with Crippen LogP contribution in [-0.2, 0) is 9.53 Å². The Morgan fingerprint density at radius 3 is 3.00 bits per heavy atom. The van der Waals surface area contributed by atoms with E-state index >= 15 is 0 Å². The van der Waals surface area contributed by atoms with E-state index < -0.39 is 0 Å². The van der Waals surface area contributed by atoms with E-state index in [2.05, 4.69) is 15.3 Å². The number of hydrogen-bond acceptors (Lipinski definition) is 6. The lowest BCUT2D eigenvalue weighted by Gasteiger charge is -2.12. The average molecular weight is 251 g/mol. The van der Waals surface area contributed by atoms with Crippen molar-refractivity contribution in [2.45, 2.75) is 25.3 Å². The molecule has 0 spiro atoms. The molecule has 1 saturated carbocycles. The van der Waals surface area contributed by atoms with E-state index in [0.29, 0.717) is 11.8 Å². The summed E-state index contributed by atoms with van der Waals surface area (Å²) in [4.78, 5) is 19.7. The van der Waals surface area contributed by atoms with Crippen LogP contribution in [0.4, 0.5) is 5.95 Å². The largest absolute Gasteiger partial charge is 0.481 e. The van der Waals surface area contributed by atoms with E-state index in [9.17, 15) is 4.79 Å². The maximum atomic E-state index is 11.4. The van der Waals surface area contributed by atoms with Crippen molar-refractivity contribution in [3.8, 4) is 5.88 Å². The highest BCUT2D eigenvalue weighted by Gasteiger charge is 2.30. The average Bonchev–Trinajstić information content (AvgIpc) is 2.86. The monoisotopic (exact) mass is 251 g/mol. The molecule has 0 aliphatic heterocycles. The van der Waals surface area contributed by atoms with Crippen molar-refractivity contribution < 1.29 is 14.3 Å². The number of nitrogens with one attached hydrogen (secondary N) is 1. The summed E-state index contributed by atoms with van der Waals surface area (Å²) < 4.78 is 9.78. The van der Waals surface area contributed by atoms with Crippen molar-refractivity contribution in [3.63, 3.8) is 0 Å². The number of rotatable bonds is 4. The Morgan fingerprint density at radius 2 is 2.28 bits per heavy atom. The minimum Gasteiger partial charge on any atom is -0.481 e. The molecule has 98 valence electrons. The van der Waals surface area contributed by atoms with Gasteiger partial charge in [0.05, 0.1) is 20.1 Å². The Bertz CT molecular complexity index is 425. The summed E-state index contributed by atoms with van der Waals surface area (Å²) in [6.07, 6.45) is 4.16. The van der Waals surface area contributed by atoms with Crippen LogP contribution in [0.5, 0.6) is 5.88 Å². The van der Waals surface area contributed by atoms with Gasteiger partial charge in [-0.15, -0.1) is 0 Å². The van der Waals surface area contributed by atoms with Gasteiger partial charge >= 0.3 is 5.97 Å². The third kappa shape index (κ3) is 2.88. The zero-order valence-electron chi connectivity index (χ0n) is 10.5. The van der Waals surface area contributed by atoms with Crippen LogP contribution in [0.15, 0.2) is 12.3 Å². The summed E-state index contributed by atoms with van der Waals surface area (Å²) >= 11 is 0. The number of carbonyl (C=O) groups excluding carboxylic acids is 1. The Kier molecular flexibility index (Phi) is 3.96. The summed E-state index contributed by atoms with van der Waals surface area (Å²) in [5.74, 6) is 0.906. The Morgan fingerprint density at radius 1 is 1.44 bits per heavy atom. The van der Waals surface area contributed by atoms with Gasteiger partial charge in [0, 0.05) is 18.3 Å². The minimum atomic E-state index is -0.133. The predicted molar refractivity (Wildman–Crippen MR) is 65.4 cm³/mol. The zero-order valence-corrected chi connectivity index (χ0v) is 10.5. The highest BCUT2D eigenvalue weighted by molar-refractivity contribution is 5.72. The highest BCUT2D eigenvalue weighted by Crippen LogP contribution is 2.28. The molecule has 0 amide bonds. The summed E-state index contributed by atoms with van der Waals surface area (Å²) in [5, 5.41) is 3.21. The van der Waals surface area contributed by atoms with Gasteiger partial charge in [-0.25, -0.2) is 4.98 Å². The fourth-order valence-electron chi connectivity index (χ4n) is 2.20. The molecule has 0 aromatic carbocycles. The number of aromatic nitrogens is 2. The van der Waals surface area contributed by atoms with Crippen LogP contribution in [0, 0.1) is 5.92 Å². The molecule has 0 saturated heterocycles. The van der Waals surface area contributed by atoms with E-state index in [1.165, 1.54) is 7.11 Å². The molecular formula is C12H17N3O3. The molecule has 6 nitrogen and oxygen atoms in total. The lowest BCUT2D eigenvalue weighted by atomic mass is 10.1. The fourth-order valence-corrected chi connectivity index (χ4v) is 2.20. The fraction of sp³-hybridized carbons (Fsp3) is 0.583. The van der Waals surface area contributed by atoms with Crippen molar-refractivity contribution in [2.24, 2.45) is 5.92 Å². The van der Waals surface area contributed by atoms with Crippen LogP contribution in [-0.4, -0.2) is 36.2 Å². The Balaban J connectivity index is 1.92. The molecule has 1 aliphatic rings. The molecule has 1 aromatic heterocycles. The normalized spacial score (nSPS) is 22.6. The SMILES string of the molecule is COC(=O)[C@H]1CC[C@@H](Nc2nccc(OC)n2)C1. The molecule has 1 heterocycles. The van der Waals surface area contributed by atoms with Crippen LogP contribution in [0.1, 0.15) is 19.3 Å². The summed E-state index contributed by atoms with van der Waals surface area (Å²) in [6.45, 7) is 0. The van der Waals surface area contributed by atoms with Gasteiger partial charge < -0.3 is 14.8 Å². The molecule has 1 aliphatic carbocycles. The molecule has 1 fully saturated rings. The molecule has 2 rings (SSSR count). The van der Waals surface area contributed by atoms with E-state index in [1.54, 1.807) is 19.4 Å². The maximum Gasteiger partial charge on any atom is 0.308 e. The first-order valence-electron chi connectivity index (χ1n) is 5.94. The lowest BCUT2D eigenvalue weighted by Crippen LogP contribution is -2.20. The number of esters is 1. The van der Waals surface area contributed by atoms with Gasteiger partial charge in [-0.3, -0.25) is 4.79 Å². The van der Waals surface area contributed by atoms with Gasteiger partial charge in [-0.05, 0) is 19.3 Å². The first-order chi connectivity index (χ1) is 8.72. The van der Waals surface area contributed by atoms with Crippen molar-refractivity contribution in [3.05, 3.63) is 12.3 Å². The molecule has 1 aromatic rings. The van der Waals surface area contributed by atoms with Crippen LogP contribution >= 0.6 is 0 Å². The second-order valence-corrected chi connectivity index (χ2v) is 4.30. The van der Waals surface area contributed by atoms with Gasteiger partial charge in [0.1, 0.15) is 0 Å². The first kappa shape index (κ1) is 12.6. The maximum absolute atomic E-state index is 11.4. The van der Waals surface area contributed by atoms with Crippen LogP contribution in [0.3, 0.4) is 0 Å². The standard InChI is InChI=1S/C12H17N3O3/c1-17-10-5-6-13-12(15-10)14-9-4-3-8(7-9)11(16)18-2/h5-6,8-9H,3-4,7H2,1-2H3,(H,13,14,15)/t8-,9+/m0/s1. The number of methoxy groups -OCH3 is 2. The smallest absolute Gasteiger partial charge is 0.308 e. The molecule has 2 atom stereocenters. The third-order valence-electron chi connectivity index (χ3n) is 3.14. The van der Waals surface area contributed by atoms with Gasteiger partial charge in [0.2, 0.25) is 11.8 Å². The van der Waals surface area contributed by atoms with E-state index in [4.69, 9.17) is 9.47 Å². The minimum absolute atomic E-state index is 0.0156. The number of nitrogens with zero attached hydrogens (tertiary/aromatic N) is 2. The Labute approximate surface area is 106 Å². The van der Waals surface area contributed by atoms with E-state index in [0.717, 1.165) is 19.3 Å². The third-order valence-corrected chi connectivity index (χ3v) is 3.14. The Hall–Kier alpha value is -1.85. The second kappa shape index (κ2) is 5.66. The molecule has 0 radical (unpaired) electrons. The molecule has 0 bridgehead atoms. The van der Waals surface area contributed by atoms with Gasteiger partial charge in [0.25, 0.3) is 0 Å². The van der Waals surface area contributed by atoms with Gasteiger partial charge in [-0.1, -0.05) is 0 Å². The van der Waals surface area contributed by atoms with Crippen molar-refractivity contribution in [2.75, 3.05) is 19.5 Å². The predicted octanol–water partition coefficient (Wildman–Crippen LogP) is 1.24. The van der Waals surface area contributed by atoms with E-state index in [-0.39, 0.29) is 17.9 Å². The van der Waals surface area contributed by atoms with Gasteiger partial charge in [0.15, 0.2) is 0 Å². The quantitative estimate of drug-likeness (QED) is 0.812. The van der Waals surface area contributed by atoms with Crippen LogP contribution in [0.25, 0.3) is 0 Å². The van der Waals surface area contributed by atoms with Crippen LogP contribution in [0.2, 0.25) is 0 Å². The van der Waals surface area contributed by atoms with E-state index in [1.807, 2.05) is 0 Å². The summed E-state index contributed by atoms with van der Waals surface area (Å²) in [6, 6.07) is 1.90. The molecular weight excluding hydrogens is 234 g/mol. The summed E-state index contributed by atoms with van der Waals surface area (Å²) in [7, 11) is 2.99. The topological polar surface area (TPSA) is 73.3 Å². The molecule has 18 heavy (non-hydrogen) atoms. The first-order valence-corrected chi connectivity index (χ1v) is 5.94. The number of ether oxygens (including phenoxy) is 2. The van der Waals surface area contributed by atoms with Crippen molar-refractivity contribution in [1.82, 2.24) is 9.97 Å². The molecule has 0 unspecified atom stereocenters. The van der Waals surface area contributed by atoms with Gasteiger partial charge in [-0.2, -0.15) is 4.98 Å². The number of carbonyl (C=O) groups is 1.